The second kappa shape index (κ2) is 5.50. The lowest BCUT2D eigenvalue weighted by atomic mass is 10.0. The van der Waals surface area contributed by atoms with Crippen LogP contribution in [0.1, 0.15) is 24.2 Å². The zero-order valence-electron chi connectivity index (χ0n) is 10.1. The average molecular weight is 281 g/mol. The summed E-state index contributed by atoms with van der Waals surface area (Å²) in [6.45, 7) is 3.88. The smallest absolute Gasteiger partial charge is 0.207 e. The fraction of sp³-hybridized carbons (Fsp3) is 0.231. The molecule has 0 fully saturated rings. The van der Waals surface area contributed by atoms with Crippen molar-refractivity contribution in [2.45, 2.75) is 19.9 Å². The molecule has 3 nitrogen and oxygen atoms in total. The Labute approximate surface area is 115 Å². The predicted molar refractivity (Wildman–Crippen MR) is 74.9 cm³/mol. The molecular formula is C13H13ClN2OS. The van der Waals surface area contributed by atoms with Crippen molar-refractivity contribution in [1.82, 2.24) is 10.3 Å². The maximum atomic E-state index is 10.4. The van der Waals surface area contributed by atoms with Crippen molar-refractivity contribution in [3.8, 4) is 10.4 Å². The zero-order chi connectivity index (χ0) is 13.1. The normalized spacial score (nSPS) is 12.2. The number of aryl methyl sites for hydroxylation is 1. The summed E-state index contributed by atoms with van der Waals surface area (Å²) in [4.78, 5) is 15.7. The van der Waals surface area contributed by atoms with Gasteiger partial charge in [-0.15, -0.1) is 11.3 Å². The molecule has 5 heteroatoms. The first kappa shape index (κ1) is 13.1. The Kier molecular flexibility index (Phi) is 3.99. The van der Waals surface area contributed by atoms with Crippen molar-refractivity contribution in [3.63, 3.8) is 0 Å². The van der Waals surface area contributed by atoms with Gasteiger partial charge in [0.15, 0.2) is 0 Å². The highest BCUT2D eigenvalue weighted by Gasteiger charge is 2.11. The number of amides is 1. The van der Waals surface area contributed by atoms with Gasteiger partial charge in [0.05, 0.1) is 22.1 Å². The highest BCUT2D eigenvalue weighted by molar-refractivity contribution is 7.13. The summed E-state index contributed by atoms with van der Waals surface area (Å²) >= 11 is 7.87. The van der Waals surface area contributed by atoms with Crippen LogP contribution in [0.25, 0.3) is 10.4 Å². The summed E-state index contributed by atoms with van der Waals surface area (Å²) in [7, 11) is 0. The molecule has 18 heavy (non-hydrogen) atoms. The minimum absolute atomic E-state index is 0.0448. The number of thiazole rings is 1. The van der Waals surface area contributed by atoms with E-state index >= 15 is 0 Å². The van der Waals surface area contributed by atoms with Crippen molar-refractivity contribution in [2.24, 2.45) is 0 Å². The molecule has 0 radical (unpaired) electrons. The van der Waals surface area contributed by atoms with E-state index in [1.54, 1.807) is 11.3 Å². The predicted octanol–water partition coefficient (Wildman–Crippen LogP) is 3.58. The number of carbonyl (C=O) groups excluding carboxylic acids is 1. The lowest BCUT2D eigenvalue weighted by Gasteiger charge is -2.12. The molecule has 0 saturated heterocycles. The SMILES string of the molecule is Cc1ncsc1-c1ccc(C(C)NC=O)cc1Cl. The van der Waals surface area contributed by atoms with E-state index in [4.69, 9.17) is 11.6 Å². The molecule has 94 valence electrons. The van der Waals surface area contributed by atoms with Crippen molar-refractivity contribution >= 4 is 29.3 Å². The Hall–Kier alpha value is -1.39. The molecule has 0 aliphatic rings. The number of rotatable bonds is 4. The molecule has 1 heterocycles. The summed E-state index contributed by atoms with van der Waals surface area (Å²) in [5.74, 6) is 0. The first-order valence-electron chi connectivity index (χ1n) is 5.53. The van der Waals surface area contributed by atoms with Crippen LogP contribution in [-0.4, -0.2) is 11.4 Å². The summed E-state index contributed by atoms with van der Waals surface area (Å²) in [5, 5.41) is 3.39. The van der Waals surface area contributed by atoms with Gasteiger partial charge >= 0.3 is 0 Å². The fourth-order valence-corrected chi connectivity index (χ4v) is 2.93. The van der Waals surface area contributed by atoms with Gasteiger partial charge in [-0.25, -0.2) is 4.98 Å². The quantitative estimate of drug-likeness (QED) is 0.870. The molecule has 2 rings (SSSR count). The minimum atomic E-state index is -0.0448. The van der Waals surface area contributed by atoms with E-state index < -0.39 is 0 Å². The molecule has 0 saturated carbocycles. The summed E-state index contributed by atoms with van der Waals surface area (Å²) in [6, 6.07) is 5.79. The van der Waals surface area contributed by atoms with E-state index in [9.17, 15) is 4.79 Å². The second-order valence-corrected chi connectivity index (χ2v) is 5.27. The van der Waals surface area contributed by atoms with E-state index in [-0.39, 0.29) is 6.04 Å². The average Bonchev–Trinajstić information content (AvgIpc) is 2.75. The summed E-state index contributed by atoms with van der Waals surface area (Å²) < 4.78 is 0. The number of hydrogen-bond donors (Lipinski definition) is 1. The van der Waals surface area contributed by atoms with Gasteiger partial charge < -0.3 is 5.32 Å². The maximum Gasteiger partial charge on any atom is 0.207 e. The molecule has 1 aromatic carbocycles. The van der Waals surface area contributed by atoms with E-state index in [0.29, 0.717) is 11.4 Å². The molecule has 0 aliphatic heterocycles. The standard InChI is InChI=1S/C13H13ClN2OS/c1-8(15-6-17)10-3-4-11(12(14)5-10)13-9(2)16-7-18-13/h3-8H,1-2H3,(H,15,17). The van der Waals surface area contributed by atoms with E-state index in [0.717, 1.165) is 21.7 Å². The zero-order valence-corrected chi connectivity index (χ0v) is 11.7. The van der Waals surface area contributed by atoms with Crippen molar-refractivity contribution in [2.75, 3.05) is 0 Å². The highest BCUT2D eigenvalue weighted by Crippen LogP contribution is 2.34. The van der Waals surface area contributed by atoms with Gasteiger partial charge in [-0.2, -0.15) is 0 Å². The van der Waals surface area contributed by atoms with Crippen LogP contribution in [0.3, 0.4) is 0 Å². The number of nitrogens with one attached hydrogen (secondary N) is 1. The molecule has 1 amide bonds. The Morgan fingerprint density at radius 1 is 1.50 bits per heavy atom. The fourth-order valence-electron chi connectivity index (χ4n) is 1.74. The monoisotopic (exact) mass is 280 g/mol. The summed E-state index contributed by atoms with van der Waals surface area (Å²) in [5.41, 5.74) is 4.76. The number of hydrogen-bond acceptors (Lipinski definition) is 3. The Morgan fingerprint density at radius 2 is 2.28 bits per heavy atom. The largest absolute Gasteiger partial charge is 0.352 e. The van der Waals surface area contributed by atoms with Gasteiger partial charge in [0, 0.05) is 10.6 Å². The summed E-state index contributed by atoms with van der Waals surface area (Å²) in [6.07, 6.45) is 0.694. The van der Waals surface area contributed by atoms with Crippen LogP contribution in [0.15, 0.2) is 23.7 Å². The van der Waals surface area contributed by atoms with Crippen molar-refractivity contribution < 1.29 is 4.79 Å². The Morgan fingerprint density at radius 3 is 2.83 bits per heavy atom. The molecule has 0 aliphatic carbocycles. The van der Waals surface area contributed by atoms with Gasteiger partial charge in [0.1, 0.15) is 0 Å². The Balaban J connectivity index is 2.37. The topological polar surface area (TPSA) is 42.0 Å². The third-order valence-electron chi connectivity index (χ3n) is 2.80. The molecule has 2 aromatic rings. The highest BCUT2D eigenvalue weighted by atomic mass is 35.5. The number of halogens is 1. The minimum Gasteiger partial charge on any atom is -0.352 e. The van der Waals surface area contributed by atoms with Gasteiger partial charge in [-0.3, -0.25) is 4.79 Å². The first-order chi connectivity index (χ1) is 8.63. The molecule has 1 N–H and O–H groups in total. The third kappa shape index (κ3) is 2.54. The molecule has 1 atom stereocenters. The van der Waals surface area contributed by atoms with Crippen LogP contribution >= 0.6 is 22.9 Å². The van der Waals surface area contributed by atoms with E-state index in [2.05, 4.69) is 10.3 Å². The van der Waals surface area contributed by atoms with Crippen LogP contribution < -0.4 is 5.32 Å². The van der Waals surface area contributed by atoms with Gasteiger partial charge in [0.25, 0.3) is 0 Å². The van der Waals surface area contributed by atoms with Crippen molar-refractivity contribution in [3.05, 3.63) is 40.0 Å². The van der Waals surface area contributed by atoms with Crippen molar-refractivity contribution in [1.29, 1.82) is 0 Å². The Bertz CT molecular complexity index is 568. The lowest BCUT2D eigenvalue weighted by Crippen LogP contribution is -2.15. The van der Waals surface area contributed by atoms with Crippen LogP contribution in [0.4, 0.5) is 0 Å². The number of carbonyl (C=O) groups is 1. The van der Waals surface area contributed by atoms with E-state index in [1.807, 2.05) is 37.6 Å². The molecule has 0 bridgehead atoms. The maximum absolute atomic E-state index is 10.4. The third-order valence-corrected chi connectivity index (χ3v) is 4.08. The number of benzene rings is 1. The van der Waals surface area contributed by atoms with Gasteiger partial charge in [-0.05, 0) is 25.5 Å². The van der Waals surface area contributed by atoms with Gasteiger partial charge in [-0.1, -0.05) is 23.7 Å². The molecule has 0 spiro atoms. The molecule has 1 aromatic heterocycles. The van der Waals surface area contributed by atoms with Crippen LogP contribution in [-0.2, 0) is 4.79 Å². The first-order valence-corrected chi connectivity index (χ1v) is 6.79. The molecular weight excluding hydrogens is 268 g/mol. The van der Waals surface area contributed by atoms with Crippen LogP contribution in [0, 0.1) is 6.92 Å². The number of aromatic nitrogens is 1. The van der Waals surface area contributed by atoms with E-state index in [1.165, 1.54) is 0 Å². The van der Waals surface area contributed by atoms with Crippen LogP contribution in [0.2, 0.25) is 5.02 Å². The second-order valence-electron chi connectivity index (χ2n) is 4.01. The molecule has 1 unspecified atom stereocenters. The van der Waals surface area contributed by atoms with Gasteiger partial charge in [0.2, 0.25) is 6.41 Å². The number of nitrogens with zero attached hydrogens (tertiary/aromatic N) is 1. The lowest BCUT2D eigenvalue weighted by molar-refractivity contribution is -0.110. The van der Waals surface area contributed by atoms with Crippen LogP contribution in [0.5, 0.6) is 0 Å².